The summed E-state index contributed by atoms with van der Waals surface area (Å²) in [6.45, 7) is 2.25. The number of nitrogens with zero attached hydrogens (tertiary/aromatic N) is 1. The van der Waals surface area contributed by atoms with E-state index in [4.69, 9.17) is 11.6 Å². The van der Waals surface area contributed by atoms with Gasteiger partial charge in [0.15, 0.2) is 9.84 Å². The Morgan fingerprint density at radius 3 is 2.68 bits per heavy atom. The number of sulfone groups is 1. The zero-order chi connectivity index (χ0) is 18.0. The topological polar surface area (TPSA) is 66.5 Å². The van der Waals surface area contributed by atoms with Gasteiger partial charge in [0.1, 0.15) is 0 Å². The maximum Gasteiger partial charge on any atom is 0.238 e. The van der Waals surface area contributed by atoms with Crippen LogP contribution in [0.25, 0.3) is 0 Å². The number of hydrogen-bond donors (Lipinski definition) is 1. The number of hydrogen-bond acceptors (Lipinski definition) is 4. The highest BCUT2D eigenvalue weighted by atomic mass is 35.5. The molecule has 1 aromatic rings. The van der Waals surface area contributed by atoms with Gasteiger partial charge in [-0.15, -0.1) is 0 Å². The second-order valence-electron chi connectivity index (χ2n) is 7.29. The highest BCUT2D eigenvalue weighted by Crippen LogP contribution is 2.36. The van der Waals surface area contributed by atoms with Gasteiger partial charge in [-0.2, -0.15) is 0 Å². The highest BCUT2D eigenvalue weighted by molar-refractivity contribution is 7.90. The Morgan fingerprint density at radius 1 is 1.24 bits per heavy atom. The molecule has 1 heterocycles. The van der Waals surface area contributed by atoms with Crippen LogP contribution in [0, 0.1) is 11.8 Å². The molecule has 0 aromatic heterocycles. The van der Waals surface area contributed by atoms with Crippen molar-refractivity contribution < 1.29 is 13.2 Å². The number of carbonyl (C=O) groups is 1. The van der Waals surface area contributed by atoms with Crippen LogP contribution in [0.4, 0.5) is 5.69 Å². The largest absolute Gasteiger partial charge is 0.324 e. The van der Waals surface area contributed by atoms with E-state index in [-0.39, 0.29) is 10.8 Å². The molecule has 7 heteroatoms. The van der Waals surface area contributed by atoms with Crippen molar-refractivity contribution in [2.24, 2.45) is 11.8 Å². The van der Waals surface area contributed by atoms with E-state index < -0.39 is 9.84 Å². The van der Waals surface area contributed by atoms with Gasteiger partial charge in [0.05, 0.1) is 22.2 Å². The van der Waals surface area contributed by atoms with Crippen molar-refractivity contribution in [1.82, 2.24) is 4.90 Å². The van der Waals surface area contributed by atoms with Crippen LogP contribution >= 0.6 is 11.6 Å². The summed E-state index contributed by atoms with van der Waals surface area (Å²) >= 11 is 6.10. The second-order valence-corrected chi connectivity index (χ2v) is 9.71. The van der Waals surface area contributed by atoms with Gasteiger partial charge < -0.3 is 5.32 Å². The molecule has 2 fully saturated rings. The number of likely N-dealkylation sites (tertiary alicyclic amines) is 1. The average molecular weight is 385 g/mol. The smallest absolute Gasteiger partial charge is 0.238 e. The van der Waals surface area contributed by atoms with Crippen molar-refractivity contribution in [2.75, 3.05) is 31.2 Å². The lowest BCUT2D eigenvalue weighted by Crippen LogP contribution is -2.44. The fourth-order valence-corrected chi connectivity index (χ4v) is 4.86. The molecule has 5 nitrogen and oxygen atoms in total. The highest BCUT2D eigenvalue weighted by Gasteiger charge is 2.31. The number of nitrogens with one attached hydrogen (secondary N) is 1. The third-order valence-electron chi connectivity index (χ3n) is 5.38. The van der Waals surface area contributed by atoms with E-state index in [0.29, 0.717) is 23.2 Å². The van der Waals surface area contributed by atoms with Crippen LogP contribution in [0.5, 0.6) is 0 Å². The van der Waals surface area contributed by atoms with Crippen LogP contribution in [-0.2, 0) is 14.6 Å². The lowest BCUT2D eigenvalue weighted by atomic mass is 9.75. The molecule has 1 aliphatic carbocycles. The maximum atomic E-state index is 12.4. The SMILES string of the molecule is CS(=O)(=O)c1ccc(Cl)c(NC(=O)CN2CC[C@H]3CCCC[C@@H]3C2)c1. The molecule has 1 N–H and O–H groups in total. The van der Waals surface area contributed by atoms with Crippen LogP contribution < -0.4 is 5.32 Å². The molecular formula is C18H25ClN2O3S. The van der Waals surface area contributed by atoms with Crippen molar-refractivity contribution in [1.29, 1.82) is 0 Å². The fraction of sp³-hybridized carbons (Fsp3) is 0.611. The van der Waals surface area contributed by atoms with Gasteiger partial charge in [-0.05, 0) is 49.4 Å². The number of piperidine rings is 1. The van der Waals surface area contributed by atoms with Gasteiger partial charge in [0.25, 0.3) is 0 Å². The molecule has 1 amide bonds. The second kappa shape index (κ2) is 7.64. The third kappa shape index (κ3) is 4.74. The molecule has 1 saturated heterocycles. The summed E-state index contributed by atoms with van der Waals surface area (Å²) in [4.78, 5) is 14.7. The Kier molecular flexibility index (Phi) is 5.71. The van der Waals surface area contributed by atoms with Gasteiger partial charge >= 0.3 is 0 Å². The molecule has 1 saturated carbocycles. The van der Waals surface area contributed by atoms with E-state index in [1.165, 1.54) is 50.3 Å². The van der Waals surface area contributed by atoms with Gasteiger partial charge in [-0.1, -0.05) is 30.9 Å². The number of carbonyl (C=O) groups excluding carboxylic acids is 1. The number of benzene rings is 1. The third-order valence-corrected chi connectivity index (χ3v) is 6.82. The monoisotopic (exact) mass is 384 g/mol. The standard InChI is InChI=1S/C18H25ClN2O3S/c1-25(23,24)15-6-7-16(19)17(10-15)20-18(22)12-21-9-8-13-4-2-3-5-14(13)11-21/h6-7,10,13-14H,2-5,8-9,11-12H2,1H3,(H,20,22)/t13-,14-/m1/s1. The summed E-state index contributed by atoms with van der Waals surface area (Å²) in [6.07, 6.45) is 7.55. The number of fused-ring (bicyclic) bond motifs is 1. The molecule has 138 valence electrons. The summed E-state index contributed by atoms with van der Waals surface area (Å²) in [5.41, 5.74) is 0.349. The summed E-state index contributed by atoms with van der Waals surface area (Å²) < 4.78 is 23.3. The fourth-order valence-electron chi connectivity index (χ4n) is 4.04. The number of halogens is 1. The predicted molar refractivity (Wildman–Crippen MR) is 99.7 cm³/mol. The van der Waals surface area contributed by atoms with E-state index in [9.17, 15) is 13.2 Å². The van der Waals surface area contributed by atoms with Crippen molar-refractivity contribution in [3.05, 3.63) is 23.2 Å². The summed E-state index contributed by atoms with van der Waals surface area (Å²) in [5.74, 6) is 1.39. The van der Waals surface area contributed by atoms with Gasteiger partial charge in [0, 0.05) is 12.8 Å². The lowest BCUT2D eigenvalue weighted by Gasteiger charge is -2.41. The molecule has 2 atom stereocenters. The minimum Gasteiger partial charge on any atom is -0.324 e. The Labute approximate surface area is 154 Å². The zero-order valence-corrected chi connectivity index (χ0v) is 16.1. The van der Waals surface area contributed by atoms with Gasteiger partial charge in [-0.3, -0.25) is 9.69 Å². The van der Waals surface area contributed by atoms with Gasteiger partial charge in [-0.25, -0.2) is 8.42 Å². The zero-order valence-electron chi connectivity index (χ0n) is 14.5. The summed E-state index contributed by atoms with van der Waals surface area (Å²) in [5, 5.41) is 3.10. The van der Waals surface area contributed by atoms with E-state index in [0.717, 1.165) is 25.3 Å². The minimum atomic E-state index is -3.34. The molecule has 1 aromatic carbocycles. The first-order valence-corrected chi connectivity index (χ1v) is 11.1. The van der Waals surface area contributed by atoms with Crippen LogP contribution in [0.1, 0.15) is 32.1 Å². The normalized spacial score (nSPS) is 24.6. The number of anilines is 1. The Balaban J connectivity index is 1.61. The van der Waals surface area contributed by atoms with Gasteiger partial charge in [0.2, 0.25) is 5.91 Å². The molecule has 0 radical (unpaired) electrons. The van der Waals surface area contributed by atoms with E-state index in [1.807, 2.05) is 0 Å². The Hall–Kier alpha value is -1.11. The first-order chi connectivity index (χ1) is 11.8. The quantitative estimate of drug-likeness (QED) is 0.865. The van der Waals surface area contributed by atoms with Crippen LogP contribution in [0.15, 0.2) is 23.1 Å². The average Bonchev–Trinajstić information content (AvgIpc) is 2.55. The molecule has 1 aliphatic heterocycles. The number of rotatable bonds is 4. The van der Waals surface area contributed by atoms with E-state index >= 15 is 0 Å². The van der Waals surface area contributed by atoms with E-state index in [2.05, 4.69) is 10.2 Å². The van der Waals surface area contributed by atoms with E-state index in [1.54, 1.807) is 0 Å². The molecule has 0 unspecified atom stereocenters. The predicted octanol–water partition coefficient (Wildman–Crippen LogP) is 3.19. The summed E-state index contributed by atoms with van der Waals surface area (Å²) in [7, 11) is -3.34. The van der Waals surface area contributed by atoms with Crippen molar-refractivity contribution >= 4 is 33.0 Å². The van der Waals surface area contributed by atoms with Crippen LogP contribution in [-0.4, -0.2) is 45.1 Å². The van der Waals surface area contributed by atoms with Crippen molar-refractivity contribution in [2.45, 2.75) is 37.0 Å². The molecule has 0 spiro atoms. The summed E-state index contributed by atoms with van der Waals surface area (Å²) in [6, 6.07) is 4.37. The Bertz CT molecular complexity index is 751. The van der Waals surface area contributed by atoms with Crippen molar-refractivity contribution in [3.63, 3.8) is 0 Å². The molecule has 0 bridgehead atoms. The number of amides is 1. The first-order valence-electron chi connectivity index (χ1n) is 8.85. The molecule has 25 heavy (non-hydrogen) atoms. The molecule has 3 rings (SSSR count). The Morgan fingerprint density at radius 2 is 1.96 bits per heavy atom. The molecule has 2 aliphatic rings. The maximum absolute atomic E-state index is 12.4. The first kappa shape index (κ1) is 18.7. The minimum absolute atomic E-state index is 0.148. The molecular weight excluding hydrogens is 360 g/mol. The van der Waals surface area contributed by atoms with Crippen LogP contribution in [0.3, 0.4) is 0 Å². The van der Waals surface area contributed by atoms with Crippen LogP contribution in [0.2, 0.25) is 5.02 Å². The van der Waals surface area contributed by atoms with Crippen molar-refractivity contribution in [3.8, 4) is 0 Å². The lowest BCUT2D eigenvalue weighted by molar-refractivity contribution is -0.118.